The van der Waals surface area contributed by atoms with Gasteiger partial charge in [0.1, 0.15) is 5.82 Å². The van der Waals surface area contributed by atoms with E-state index in [-0.39, 0.29) is 24.4 Å². The third-order valence-electron chi connectivity index (χ3n) is 5.17. The summed E-state index contributed by atoms with van der Waals surface area (Å²) in [6.45, 7) is 5.88. The molecule has 3 rings (SSSR count). The number of halogens is 1. The Balaban J connectivity index is 1.59. The van der Waals surface area contributed by atoms with Crippen LogP contribution in [0.3, 0.4) is 0 Å². The van der Waals surface area contributed by atoms with Crippen molar-refractivity contribution in [1.29, 1.82) is 0 Å². The zero-order valence-corrected chi connectivity index (χ0v) is 17.5. The van der Waals surface area contributed by atoms with Crippen molar-refractivity contribution in [2.75, 3.05) is 33.2 Å². The molecule has 1 fully saturated rings. The Kier molecular flexibility index (Phi) is 7.35. The van der Waals surface area contributed by atoms with Gasteiger partial charge in [0, 0.05) is 43.6 Å². The molecule has 2 aromatic rings. The molecule has 2 N–H and O–H groups in total. The van der Waals surface area contributed by atoms with Crippen molar-refractivity contribution in [1.82, 2.24) is 20.4 Å². The van der Waals surface area contributed by atoms with Crippen molar-refractivity contribution in [3.63, 3.8) is 0 Å². The summed E-state index contributed by atoms with van der Waals surface area (Å²) in [5.41, 5.74) is 0.731. The van der Waals surface area contributed by atoms with E-state index in [1.165, 1.54) is 17.0 Å². The highest BCUT2D eigenvalue weighted by molar-refractivity contribution is 7.10. The minimum atomic E-state index is -0.690. The standard InChI is InChI=1S/C21H27FN4O2S/c1-15(19(18-4-3-13-29-18)26-11-9-25(2)10-12-26)24-21(28)20(27)23-14-16-5-7-17(22)8-6-16/h3-8,13,15,19H,9-12,14H2,1-2H3,(H,23,27)(H,24,28)/t15-,19+/m0/s1. The molecule has 29 heavy (non-hydrogen) atoms. The van der Waals surface area contributed by atoms with E-state index in [2.05, 4.69) is 33.5 Å². The van der Waals surface area contributed by atoms with E-state index in [1.54, 1.807) is 23.5 Å². The molecule has 1 aromatic carbocycles. The predicted octanol–water partition coefficient (Wildman–Crippen LogP) is 2.00. The third kappa shape index (κ3) is 5.85. The van der Waals surface area contributed by atoms with Crippen LogP contribution in [0.2, 0.25) is 0 Å². The lowest BCUT2D eigenvalue weighted by Gasteiger charge is -2.40. The fourth-order valence-corrected chi connectivity index (χ4v) is 4.48. The van der Waals surface area contributed by atoms with E-state index in [0.717, 1.165) is 31.7 Å². The predicted molar refractivity (Wildman–Crippen MR) is 112 cm³/mol. The van der Waals surface area contributed by atoms with Crippen LogP contribution >= 0.6 is 11.3 Å². The molecule has 0 unspecified atom stereocenters. The Morgan fingerprint density at radius 3 is 2.41 bits per heavy atom. The second-order valence-electron chi connectivity index (χ2n) is 7.37. The van der Waals surface area contributed by atoms with Gasteiger partial charge in [0.2, 0.25) is 0 Å². The molecule has 1 saturated heterocycles. The molecular formula is C21H27FN4O2S. The monoisotopic (exact) mass is 418 g/mol. The van der Waals surface area contributed by atoms with Crippen LogP contribution in [0.25, 0.3) is 0 Å². The molecule has 1 aliphatic heterocycles. The maximum absolute atomic E-state index is 13.0. The molecule has 1 aromatic heterocycles. The second kappa shape index (κ2) is 9.96. The topological polar surface area (TPSA) is 64.7 Å². The number of hydrogen-bond donors (Lipinski definition) is 2. The highest BCUT2D eigenvalue weighted by atomic mass is 32.1. The van der Waals surface area contributed by atoms with Crippen LogP contribution in [0, 0.1) is 5.82 Å². The Morgan fingerprint density at radius 1 is 1.10 bits per heavy atom. The van der Waals surface area contributed by atoms with E-state index in [1.807, 2.05) is 18.4 Å². The number of amides is 2. The number of piperazine rings is 1. The molecule has 0 radical (unpaired) electrons. The summed E-state index contributed by atoms with van der Waals surface area (Å²) in [5.74, 6) is -1.69. The number of nitrogens with one attached hydrogen (secondary N) is 2. The lowest BCUT2D eigenvalue weighted by molar-refractivity contribution is -0.140. The highest BCUT2D eigenvalue weighted by Crippen LogP contribution is 2.29. The van der Waals surface area contributed by atoms with Gasteiger partial charge < -0.3 is 15.5 Å². The molecule has 0 aliphatic carbocycles. The van der Waals surface area contributed by atoms with E-state index < -0.39 is 11.8 Å². The summed E-state index contributed by atoms with van der Waals surface area (Å²) in [4.78, 5) is 30.5. The van der Waals surface area contributed by atoms with Gasteiger partial charge in [-0.05, 0) is 43.1 Å². The van der Waals surface area contributed by atoms with Crippen LogP contribution in [-0.4, -0.2) is 60.9 Å². The molecule has 6 nitrogen and oxygen atoms in total. The largest absolute Gasteiger partial charge is 0.344 e. The summed E-state index contributed by atoms with van der Waals surface area (Å²) in [6.07, 6.45) is 0. The number of benzene rings is 1. The zero-order valence-electron chi connectivity index (χ0n) is 16.7. The first-order chi connectivity index (χ1) is 13.9. The number of nitrogens with zero attached hydrogens (tertiary/aromatic N) is 2. The summed E-state index contributed by atoms with van der Waals surface area (Å²) >= 11 is 1.66. The van der Waals surface area contributed by atoms with Gasteiger partial charge in [-0.1, -0.05) is 18.2 Å². The van der Waals surface area contributed by atoms with E-state index in [0.29, 0.717) is 0 Å². The first-order valence-electron chi connectivity index (χ1n) is 9.73. The van der Waals surface area contributed by atoms with Crippen LogP contribution in [0.4, 0.5) is 4.39 Å². The molecule has 0 spiro atoms. The Hall–Kier alpha value is -2.29. The van der Waals surface area contributed by atoms with Gasteiger partial charge in [-0.2, -0.15) is 0 Å². The Morgan fingerprint density at radius 2 is 1.79 bits per heavy atom. The third-order valence-corrected chi connectivity index (χ3v) is 6.11. The van der Waals surface area contributed by atoms with Gasteiger partial charge in [0.15, 0.2) is 0 Å². The van der Waals surface area contributed by atoms with Crippen LogP contribution < -0.4 is 10.6 Å². The summed E-state index contributed by atoms with van der Waals surface area (Å²) in [6, 6.07) is 9.69. The lowest BCUT2D eigenvalue weighted by Crippen LogP contribution is -2.53. The molecule has 0 bridgehead atoms. The molecule has 2 atom stereocenters. The molecule has 2 amide bonds. The second-order valence-corrected chi connectivity index (χ2v) is 8.35. The van der Waals surface area contributed by atoms with Crippen molar-refractivity contribution in [2.45, 2.75) is 25.6 Å². The Bertz CT molecular complexity index is 805. The Labute approximate surface area is 174 Å². The smallest absolute Gasteiger partial charge is 0.309 e. The maximum Gasteiger partial charge on any atom is 0.309 e. The van der Waals surface area contributed by atoms with E-state index in [4.69, 9.17) is 0 Å². The highest BCUT2D eigenvalue weighted by Gasteiger charge is 2.31. The van der Waals surface area contributed by atoms with Gasteiger partial charge in [-0.25, -0.2) is 4.39 Å². The first kappa shape index (κ1) is 21.4. The normalized spacial score (nSPS) is 17.5. The van der Waals surface area contributed by atoms with Crippen molar-refractivity contribution in [2.24, 2.45) is 0 Å². The number of thiophene rings is 1. The van der Waals surface area contributed by atoms with Gasteiger partial charge in [0.25, 0.3) is 0 Å². The van der Waals surface area contributed by atoms with Gasteiger partial charge in [-0.3, -0.25) is 14.5 Å². The van der Waals surface area contributed by atoms with E-state index >= 15 is 0 Å². The lowest BCUT2D eigenvalue weighted by atomic mass is 10.0. The minimum absolute atomic E-state index is 0.0255. The zero-order chi connectivity index (χ0) is 20.8. The van der Waals surface area contributed by atoms with Gasteiger partial charge in [-0.15, -0.1) is 11.3 Å². The van der Waals surface area contributed by atoms with E-state index in [9.17, 15) is 14.0 Å². The maximum atomic E-state index is 13.0. The summed E-state index contributed by atoms with van der Waals surface area (Å²) in [5, 5.41) is 7.48. The molecule has 0 saturated carbocycles. The number of hydrogen-bond acceptors (Lipinski definition) is 5. The van der Waals surface area contributed by atoms with Crippen LogP contribution in [0.1, 0.15) is 23.4 Å². The van der Waals surface area contributed by atoms with Crippen molar-refractivity contribution in [3.8, 4) is 0 Å². The fourth-order valence-electron chi connectivity index (χ4n) is 3.52. The SMILES string of the molecule is C[C@H](NC(=O)C(=O)NCc1ccc(F)cc1)[C@H](c1cccs1)N1CCN(C)CC1. The van der Waals surface area contributed by atoms with Crippen molar-refractivity contribution in [3.05, 3.63) is 58.0 Å². The molecule has 156 valence electrons. The quantitative estimate of drug-likeness (QED) is 0.705. The minimum Gasteiger partial charge on any atom is -0.344 e. The van der Waals surface area contributed by atoms with Crippen LogP contribution in [-0.2, 0) is 16.1 Å². The van der Waals surface area contributed by atoms with Gasteiger partial charge in [0.05, 0.1) is 6.04 Å². The fraction of sp³-hybridized carbons (Fsp3) is 0.429. The number of carbonyl (C=O) groups is 2. The average Bonchev–Trinajstić information content (AvgIpc) is 3.23. The molecule has 1 aliphatic rings. The number of rotatable bonds is 6. The van der Waals surface area contributed by atoms with Crippen molar-refractivity contribution >= 4 is 23.2 Å². The average molecular weight is 419 g/mol. The molecule has 8 heteroatoms. The summed E-state index contributed by atoms with van der Waals surface area (Å²) in [7, 11) is 2.11. The number of likely N-dealkylation sites (N-methyl/N-ethyl adjacent to an activating group) is 1. The first-order valence-corrected chi connectivity index (χ1v) is 10.6. The van der Waals surface area contributed by atoms with Crippen molar-refractivity contribution < 1.29 is 14.0 Å². The van der Waals surface area contributed by atoms with Gasteiger partial charge >= 0.3 is 11.8 Å². The molecular weight excluding hydrogens is 391 g/mol. The summed E-state index contributed by atoms with van der Waals surface area (Å²) < 4.78 is 13.0. The van der Waals surface area contributed by atoms with Crippen LogP contribution in [0.15, 0.2) is 41.8 Å². The number of carbonyl (C=O) groups excluding carboxylic acids is 2. The molecule has 2 heterocycles. The van der Waals surface area contributed by atoms with Crippen LogP contribution in [0.5, 0.6) is 0 Å².